The number of amides is 1. The van der Waals surface area contributed by atoms with E-state index in [9.17, 15) is 4.79 Å². The third kappa shape index (κ3) is 3.64. The maximum absolute atomic E-state index is 11.4. The normalized spacial score (nSPS) is 23.0. The summed E-state index contributed by atoms with van der Waals surface area (Å²) in [5.74, 6) is 0.445. The maximum atomic E-state index is 11.4. The van der Waals surface area contributed by atoms with Crippen LogP contribution in [-0.2, 0) is 4.79 Å². The van der Waals surface area contributed by atoms with Crippen molar-refractivity contribution in [3.05, 3.63) is 0 Å². The molecule has 0 spiro atoms. The summed E-state index contributed by atoms with van der Waals surface area (Å²) in [6, 6.07) is 0.207. The molecule has 14 heavy (non-hydrogen) atoms. The van der Waals surface area contributed by atoms with E-state index in [2.05, 4.69) is 10.2 Å². The summed E-state index contributed by atoms with van der Waals surface area (Å²) in [7, 11) is 0. The van der Waals surface area contributed by atoms with Gasteiger partial charge in [0.05, 0.1) is 6.54 Å². The van der Waals surface area contributed by atoms with Gasteiger partial charge in [-0.1, -0.05) is 0 Å². The SMILES string of the molecule is CC(C)NC(=O)CN1CC[C@@H](CO)C1. The van der Waals surface area contributed by atoms with E-state index < -0.39 is 0 Å². The molecule has 4 nitrogen and oxygen atoms in total. The summed E-state index contributed by atoms with van der Waals surface area (Å²) < 4.78 is 0. The first kappa shape index (κ1) is 11.5. The molecule has 1 aliphatic heterocycles. The van der Waals surface area contributed by atoms with Crippen molar-refractivity contribution in [2.45, 2.75) is 26.3 Å². The number of hydrogen-bond donors (Lipinski definition) is 2. The summed E-state index contributed by atoms with van der Waals surface area (Å²) in [5.41, 5.74) is 0. The van der Waals surface area contributed by atoms with E-state index in [1.165, 1.54) is 0 Å². The molecule has 0 aromatic heterocycles. The molecule has 1 amide bonds. The lowest BCUT2D eigenvalue weighted by molar-refractivity contribution is -0.122. The largest absolute Gasteiger partial charge is 0.396 e. The molecule has 1 atom stereocenters. The van der Waals surface area contributed by atoms with Crippen LogP contribution in [0, 0.1) is 5.92 Å². The van der Waals surface area contributed by atoms with Gasteiger partial charge in [-0.25, -0.2) is 0 Å². The zero-order valence-electron chi connectivity index (χ0n) is 8.99. The number of likely N-dealkylation sites (tertiary alicyclic amines) is 1. The number of aliphatic hydroxyl groups excluding tert-OH is 1. The van der Waals surface area contributed by atoms with Crippen molar-refractivity contribution in [2.75, 3.05) is 26.2 Å². The molecule has 1 rings (SSSR count). The molecule has 0 unspecified atom stereocenters. The molecule has 4 heteroatoms. The zero-order chi connectivity index (χ0) is 10.6. The molecule has 1 fully saturated rings. The monoisotopic (exact) mass is 200 g/mol. The fourth-order valence-corrected chi connectivity index (χ4v) is 1.78. The summed E-state index contributed by atoms with van der Waals surface area (Å²) in [6.07, 6.45) is 1.01. The van der Waals surface area contributed by atoms with Gasteiger partial charge in [0.1, 0.15) is 0 Å². The van der Waals surface area contributed by atoms with Crippen LogP contribution in [0.2, 0.25) is 0 Å². The van der Waals surface area contributed by atoms with Crippen LogP contribution in [0.15, 0.2) is 0 Å². The van der Waals surface area contributed by atoms with Crippen LogP contribution in [-0.4, -0.2) is 48.2 Å². The predicted molar refractivity (Wildman–Crippen MR) is 54.9 cm³/mol. The van der Waals surface area contributed by atoms with Crippen molar-refractivity contribution in [1.82, 2.24) is 10.2 Å². The summed E-state index contributed by atoms with van der Waals surface area (Å²) in [4.78, 5) is 13.5. The van der Waals surface area contributed by atoms with Crippen molar-refractivity contribution >= 4 is 5.91 Å². The van der Waals surface area contributed by atoms with E-state index >= 15 is 0 Å². The van der Waals surface area contributed by atoms with Gasteiger partial charge in [0, 0.05) is 19.2 Å². The van der Waals surface area contributed by atoms with Gasteiger partial charge in [0.25, 0.3) is 0 Å². The predicted octanol–water partition coefficient (Wildman–Crippen LogP) is -0.175. The van der Waals surface area contributed by atoms with Crippen LogP contribution in [0.4, 0.5) is 0 Å². The molecule has 82 valence electrons. The second-order valence-electron chi connectivity index (χ2n) is 4.29. The van der Waals surface area contributed by atoms with E-state index in [4.69, 9.17) is 5.11 Å². The van der Waals surface area contributed by atoms with Gasteiger partial charge in [0.2, 0.25) is 5.91 Å². The fraction of sp³-hybridized carbons (Fsp3) is 0.900. The first-order valence-corrected chi connectivity index (χ1v) is 5.24. The molecule has 0 radical (unpaired) electrons. The van der Waals surface area contributed by atoms with Gasteiger partial charge in [-0.15, -0.1) is 0 Å². The lowest BCUT2D eigenvalue weighted by Crippen LogP contribution is -2.39. The lowest BCUT2D eigenvalue weighted by Gasteiger charge is -2.16. The molecule has 1 saturated heterocycles. The molecule has 0 saturated carbocycles. The van der Waals surface area contributed by atoms with E-state index in [-0.39, 0.29) is 18.6 Å². The Morgan fingerprint density at radius 1 is 1.64 bits per heavy atom. The van der Waals surface area contributed by atoms with Crippen LogP contribution in [0.3, 0.4) is 0 Å². The number of rotatable bonds is 4. The zero-order valence-corrected chi connectivity index (χ0v) is 8.99. The topological polar surface area (TPSA) is 52.6 Å². The molecule has 1 heterocycles. The number of nitrogens with zero attached hydrogens (tertiary/aromatic N) is 1. The molecule has 1 aliphatic rings. The van der Waals surface area contributed by atoms with Crippen LogP contribution < -0.4 is 5.32 Å². The Hall–Kier alpha value is -0.610. The average molecular weight is 200 g/mol. The van der Waals surface area contributed by atoms with Gasteiger partial charge < -0.3 is 10.4 Å². The Morgan fingerprint density at radius 3 is 2.86 bits per heavy atom. The highest BCUT2D eigenvalue weighted by molar-refractivity contribution is 5.78. The number of carbonyl (C=O) groups excluding carboxylic acids is 1. The second-order valence-corrected chi connectivity index (χ2v) is 4.29. The molecule has 0 aliphatic carbocycles. The molecular weight excluding hydrogens is 180 g/mol. The van der Waals surface area contributed by atoms with Gasteiger partial charge >= 0.3 is 0 Å². The van der Waals surface area contributed by atoms with Crippen molar-refractivity contribution < 1.29 is 9.90 Å². The molecule has 0 aromatic carbocycles. The van der Waals surface area contributed by atoms with Crippen LogP contribution in [0.1, 0.15) is 20.3 Å². The Labute approximate surface area is 85.3 Å². The molecular formula is C10H20N2O2. The number of nitrogens with one attached hydrogen (secondary N) is 1. The van der Waals surface area contributed by atoms with Crippen molar-refractivity contribution in [3.8, 4) is 0 Å². The Kier molecular flexibility index (Phi) is 4.35. The third-order valence-electron chi connectivity index (χ3n) is 2.45. The fourth-order valence-electron chi connectivity index (χ4n) is 1.78. The molecule has 0 bridgehead atoms. The highest BCUT2D eigenvalue weighted by Crippen LogP contribution is 2.14. The van der Waals surface area contributed by atoms with Gasteiger partial charge in [-0.2, -0.15) is 0 Å². The van der Waals surface area contributed by atoms with E-state index in [0.29, 0.717) is 12.5 Å². The summed E-state index contributed by atoms with van der Waals surface area (Å²) >= 11 is 0. The minimum absolute atomic E-state index is 0.0820. The number of aliphatic hydroxyl groups is 1. The van der Waals surface area contributed by atoms with Crippen LogP contribution in [0.5, 0.6) is 0 Å². The van der Waals surface area contributed by atoms with E-state index in [0.717, 1.165) is 19.5 Å². The van der Waals surface area contributed by atoms with Crippen molar-refractivity contribution in [3.63, 3.8) is 0 Å². The van der Waals surface area contributed by atoms with E-state index in [1.807, 2.05) is 13.8 Å². The minimum atomic E-state index is 0.0820. The Balaban J connectivity index is 2.22. The van der Waals surface area contributed by atoms with Gasteiger partial charge in [-0.3, -0.25) is 9.69 Å². The maximum Gasteiger partial charge on any atom is 0.234 e. The third-order valence-corrected chi connectivity index (χ3v) is 2.45. The van der Waals surface area contributed by atoms with Gasteiger partial charge in [-0.05, 0) is 32.7 Å². The smallest absolute Gasteiger partial charge is 0.234 e. The van der Waals surface area contributed by atoms with E-state index in [1.54, 1.807) is 0 Å². The average Bonchev–Trinajstić information content (AvgIpc) is 2.50. The van der Waals surface area contributed by atoms with Gasteiger partial charge in [0.15, 0.2) is 0 Å². The van der Waals surface area contributed by atoms with Crippen molar-refractivity contribution in [2.24, 2.45) is 5.92 Å². The Bertz CT molecular complexity index is 195. The standard InChI is InChI=1S/C10H20N2O2/c1-8(2)11-10(14)6-12-4-3-9(5-12)7-13/h8-9,13H,3-7H2,1-2H3,(H,11,14)/t9-/m1/s1. The van der Waals surface area contributed by atoms with Crippen LogP contribution >= 0.6 is 0 Å². The first-order valence-electron chi connectivity index (χ1n) is 5.24. The second kappa shape index (κ2) is 5.32. The highest BCUT2D eigenvalue weighted by atomic mass is 16.3. The summed E-state index contributed by atoms with van der Waals surface area (Å²) in [6.45, 7) is 6.40. The molecule has 2 N–H and O–H groups in total. The highest BCUT2D eigenvalue weighted by Gasteiger charge is 2.23. The molecule has 0 aromatic rings. The van der Waals surface area contributed by atoms with Crippen LogP contribution in [0.25, 0.3) is 0 Å². The van der Waals surface area contributed by atoms with Crippen molar-refractivity contribution in [1.29, 1.82) is 0 Å². The summed E-state index contributed by atoms with van der Waals surface area (Å²) in [5, 5.41) is 11.8. The minimum Gasteiger partial charge on any atom is -0.396 e. The first-order chi connectivity index (χ1) is 6.61. The Morgan fingerprint density at radius 2 is 2.36 bits per heavy atom. The number of hydrogen-bond acceptors (Lipinski definition) is 3. The number of carbonyl (C=O) groups is 1. The lowest BCUT2D eigenvalue weighted by atomic mass is 10.1. The quantitative estimate of drug-likeness (QED) is 0.662.